The number of aromatic nitrogens is 1. The molecule has 1 aromatic heterocycles. The lowest BCUT2D eigenvalue weighted by molar-refractivity contribution is 0.516. The van der Waals surface area contributed by atoms with Crippen molar-refractivity contribution in [3.05, 3.63) is 71.5 Å². The molecule has 1 nitrogen and oxygen atoms in total. The first kappa shape index (κ1) is 20.0. The summed E-state index contributed by atoms with van der Waals surface area (Å²) in [5.74, 6) is 0. The number of benzene rings is 2. The summed E-state index contributed by atoms with van der Waals surface area (Å²) in [6.45, 7) is 2.18. The van der Waals surface area contributed by atoms with Crippen LogP contribution in [0.2, 0.25) is 0 Å². The van der Waals surface area contributed by atoms with Crippen molar-refractivity contribution in [3.63, 3.8) is 0 Å². The molecule has 0 atom stereocenters. The Morgan fingerprint density at radius 1 is 0.963 bits per heavy atom. The Morgan fingerprint density at radius 3 is 2.59 bits per heavy atom. The second kappa shape index (κ2) is 9.43. The second-order valence-electron chi connectivity index (χ2n) is 7.15. The minimum Gasteiger partial charge on any atom is -0.257 e. The van der Waals surface area contributed by atoms with E-state index < -0.39 is 0 Å². The van der Waals surface area contributed by atoms with Crippen LogP contribution in [-0.4, -0.2) is 10.2 Å². The highest BCUT2D eigenvalue weighted by Crippen LogP contribution is 2.35. The largest absolute Gasteiger partial charge is 0.257 e. The first-order valence-electron chi connectivity index (χ1n) is 9.59. The number of hydrogen-bond acceptors (Lipinski definition) is 2. The van der Waals surface area contributed by atoms with Crippen LogP contribution in [-0.2, 0) is 0 Å². The predicted octanol–water partition coefficient (Wildman–Crippen LogP) is 7.56. The van der Waals surface area contributed by atoms with Crippen LogP contribution in [0.25, 0.3) is 22.9 Å². The molecule has 0 radical (unpaired) electrons. The fourth-order valence-corrected chi connectivity index (χ4v) is 5.03. The molecule has 0 saturated heterocycles. The van der Waals surface area contributed by atoms with Crippen LogP contribution in [0.1, 0.15) is 48.9 Å². The molecule has 3 heteroatoms. The Hall–Kier alpha value is -1.77. The highest BCUT2D eigenvalue weighted by atomic mass is 35.5. The third-order valence-corrected chi connectivity index (χ3v) is 6.68. The molecule has 0 aliphatic heterocycles. The summed E-state index contributed by atoms with van der Waals surface area (Å²) in [6, 6.07) is 17.2. The molecule has 1 saturated carbocycles. The smallest absolute Gasteiger partial charge is 0.0641 e. The topological polar surface area (TPSA) is 12.9 Å². The van der Waals surface area contributed by atoms with E-state index in [9.17, 15) is 0 Å². The van der Waals surface area contributed by atoms with Crippen molar-refractivity contribution in [1.82, 2.24) is 4.98 Å². The molecule has 0 amide bonds. The summed E-state index contributed by atoms with van der Waals surface area (Å²) >= 11 is 2.06. The van der Waals surface area contributed by atoms with Crippen molar-refractivity contribution in [2.75, 3.05) is 0 Å². The van der Waals surface area contributed by atoms with Gasteiger partial charge in [0.25, 0.3) is 0 Å². The summed E-state index contributed by atoms with van der Waals surface area (Å²) in [6.07, 6.45) is 13.2. The number of halogens is 1. The van der Waals surface area contributed by atoms with E-state index in [4.69, 9.17) is 0 Å². The molecule has 27 heavy (non-hydrogen) atoms. The average molecular weight is 396 g/mol. The van der Waals surface area contributed by atoms with E-state index in [-0.39, 0.29) is 12.4 Å². The van der Waals surface area contributed by atoms with Crippen molar-refractivity contribution in [3.8, 4) is 0 Å². The van der Waals surface area contributed by atoms with E-state index in [1.165, 1.54) is 58.9 Å². The van der Waals surface area contributed by atoms with Crippen LogP contribution in [0.3, 0.4) is 0 Å². The highest BCUT2D eigenvalue weighted by molar-refractivity contribution is 8.00. The summed E-state index contributed by atoms with van der Waals surface area (Å²) in [4.78, 5) is 6.02. The van der Waals surface area contributed by atoms with Gasteiger partial charge >= 0.3 is 0 Å². The fourth-order valence-electron chi connectivity index (χ4n) is 3.67. The average Bonchev–Trinajstić information content (AvgIpc) is 2.69. The van der Waals surface area contributed by atoms with Crippen LogP contribution >= 0.6 is 24.2 Å². The molecular weight excluding hydrogens is 370 g/mol. The molecule has 1 aliphatic carbocycles. The van der Waals surface area contributed by atoms with Gasteiger partial charge in [0, 0.05) is 16.3 Å². The monoisotopic (exact) mass is 395 g/mol. The third-order valence-electron chi connectivity index (χ3n) is 5.18. The lowest BCUT2D eigenvalue weighted by Crippen LogP contribution is -2.08. The van der Waals surface area contributed by atoms with Crippen molar-refractivity contribution >= 4 is 47.1 Å². The van der Waals surface area contributed by atoms with E-state index in [0.29, 0.717) is 0 Å². The van der Waals surface area contributed by atoms with E-state index >= 15 is 0 Å². The van der Waals surface area contributed by atoms with Gasteiger partial charge in [-0.3, -0.25) is 4.98 Å². The Kier molecular flexibility index (Phi) is 6.98. The van der Waals surface area contributed by atoms with Crippen molar-refractivity contribution in [2.45, 2.75) is 49.2 Å². The van der Waals surface area contributed by atoms with Crippen molar-refractivity contribution in [1.29, 1.82) is 0 Å². The standard InChI is InChI=1S/C24H25NS.ClH/c1-18-17-25-21(16-24(18)26-22-11-3-2-4-12-22)15-14-20-10-7-9-19-8-5-6-13-23(19)20;/h5-10,13-17,22H,2-4,11-12H2,1H3;1H. The van der Waals surface area contributed by atoms with E-state index in [2.05, 4.69) is 84.4 Å². The van der Waals surface area contributed by atoms with Gasteiger partial charge in [0.05, 0.1) is 5.69 Å². The van der Waals surface area contributed by atoms with Gasteiger partial charge in [-0.2, -0.15) is 0 Å². The van der Waals surface area contributed by atoms with Crippen LogP contribution in [0.4, 0.5) is 0 Å². The van der Waals surface area contributed by atoms with Gasteiger partial charge in [0.15, 0.2) is 0 Å². The molecule has 0 N–H and O–H groups in total. The second-order valence-corrected chi connectivity index (χ2v) is 8.50. The van der Waals surface area contributed by atoms with E-state index in [0.717, 1.165) is 10.9 Å². The fraction of sp³-hybridized carbons (Fsp3) is 0.292. The molecular formula is C24H26ClNS. The minimum absolute atomic E-state index is 0. The Bertz CT molecular complexity index is 923. The number of pyridine rings is 1. The number of rotatable bonds is 4. The number of aryl methyl sites for hydroxylation is 1. The van der Waals surface area contributed by atoms with Gasteiger partial charge in [-0.25, -0.2) is 0 Å². The Balaban J connectivity index is 0.00000210. The molecule has 140 valence electrons. The van der Waals surface area contributed by atoms with Crippen molar-refractivity contribution < 1.29 is 0 Å². The Morgan fingerprint density at radius 2 is 1.74 bits per heavy atom. The van der Waals surface area contributed by atoms with Gasteiger partial charge in [0.1, 0.15) is 0 Å². The first-order valence-corrected chi connectivity index (χ1v) is 10.5. The molecule has 4 rings (SSSR count). The van der Waals surface area contributed by atoms with Gasteiger partial charge in [0.2, 0.25) is 0 Å². The molecule has 1 aliphatic rings. The zero-order valence-corrected chi connectivity index (χ0v) is 17.4. The lowest BCUT2D eigenvalue weighted by atomic mass is 10.0. The number of thioether (sulfide) groups is 1. The zero-order chi connectivity index (χ0) is 17.8. The number of nitrogens with zero attached hydrogens (tertiary/aromatic N) is 1. The van der Waals surface area contributed by atoms with Gasteiger partial charge in [-0.1, -0.05) is 67.8 Å². The van der Waals surface area contributed by atoms with Gasteiger partial charge in [-0.05, 0) is 53.8 Å². The molecule has 1 fully saturated rings. The van der Waals surface area contributed by atoms with Crippen LogP contribution in [0.5, 0.6) is 0 Å². The van der Waals surface area contributed by atoms with E-state index in [1.54, 1.807) is 0 Å². The van der Waals surface area contributed by atoms with Crippen LogP contribution < -0.4 is 0 Å². The first-order chi connectivity index (χ1) is 12.8. The molecule has 0 unspecified atom stereocenters. The van der Waals surface area contributed by atoms with Gasteiger partial charge in [-0.15, -0.1) is 24.2 Å². The SMILES string of the molecule is Cc1cnc(C=Cc2cccc3ccccc23)cc1SC1CCCCC1.Cl. The predicted molar refractivity (Wildman–Crippen MR) is 122 cm³/mol. The lowest BCUT2D eigenvalue weighted by Gasteiger charge is -2.21. The maximum atomic E-state index is 4.63. The normalized spacial score (nSPS) is 15.1. The molecule has 0 spiro atoms. The van der Waals surface area contributed by atoms with Crippen LogP contribution in [0, 0.1) is 6.92 Å². The third kappa shape index (κ3) is 4.94. The maximum absolute atomic E-state index is 4.63. The van der Waals surface area contributed by atoms with E-state index in [1.807, 2.05) is 6.20 Å². The molecule has 2 aromatic carbocycles. The quantitative estimate of drug-likeness (QED) is 0.452. The summed E-state index contributed by atoms with van der Waals surface area (Å²) in [5, 5.41) is 3.34. The summed E-state index contributed by atoms with van der Waals surface area (Å²) in [7, 11) is 0. The van der Waals surface area contributed by atoms with Gasteiger partial charge < -0.3 is 0 Å². The molecule has 1 heterocycles. The molecule has 0 bridgehead atoms. The number of fused-ring (bicyclic) bond motifs is 1. The molecule has 3 aromatic rings. The summed E-state index contributed by atoms with van der Waals surface area (Å²) in [5.41, 5.74) is 3.58. The van der Waals surface area contributed by atoms with Crippen LogP contribution in [0.15, 0.2) is 59.6 Å². The maximum Gasteiger partial charge on any atom is 0.0641 e. The summed E-state index contributed by atoms with van der Waals surface area (Å²) < 4.78 is 0. The zero-order valence-electron chi connectivity index (χ0n) is 15.7. The number of hydrogen-bond donors (Lipinski definition) is 0. The highest BCUT2D eigenvalue weighted by Gasteiger charge is 2.15. The minimum atomic E-state index is 0. The Labute approximate surface area is 172 Å². The van der Waals surface area contributed by atoms with Crippen molar-refractivity contribution in [2.24, 2.45) is 0 Å².